The third-order valence-corrected chi connectivity index (χ3v) is 4.90. The van der Waals surface area contributed by atoms with Crippen molar-refractivity contribution in [1.82, 2.24) is 0 Å². The highest BCUT2D eigenvalue weighted by molar-refractivity contribution is 5.03. The summed E-state index contributed by atoms with van der Waals surface area (Å²) in [7, 11) is 0. The van der Waals surface area contributed by atoms with Crippen molar-refractivity contribution in [3.05, 3.63) is 0 Å². The summed E-state index contributed by atoms with van der Waals surface area (Å²) in [6.45, 7) is 7.37. The largest absolute Gasteiger partial charge is 0.0625 e. The Morgan fingerprint density at radius 3 is 1.83 bits per heavy atom. The molecule has 0 heteroatoms. The summed E-state index contributed by atoms with van der Waals surface area (Å²) in [6.07, 6.45) is 9.00. The predicted octanol–water partition coefficient (Wildman–Crippen LogP) is 4.00. The fraction of sp³-hybridized carbons (Fsp3) is 1.00. The van der Waals surface area contributed by atoms with Crippen LogP contribution in [0, 0.1) is 16.7 Å². The molecule has 0 nitrogen and oxygen atoms in total. The molecule has 0 amide bonds. The van der Waals surface area contributed by atoms with Crippen LogP contribution < -0.4 is 0 Å². The molecule has 2 aliphatic carbocycles. The number of hydrogen-bond acceptors (Lipinski definition) is 0. The van der Waals surface area contributed by atoms with Crippen molar-refractivity contribution in [2.24, 2.45) is 16.7 Å². The van der Waals surface area contributed by atoms with Crippen molar-refractivity contribution in [2.45, 2.75) is 59.3 Å². The molecule has 0 radical (unpaired) electrons. The smallest absolute Gasteiger partial charge is 0.0246 e. The summed E-state index contributed by atoms with van der Waals surface area (Å²) in [5, 5.41) is 0. The van der Waals surface area contributed by atoms with Crippen LogP contribution in [0.25, 0.3) is 0 Å². The maximum absolute atomic E-state index is 2.48. The maximum Gasteiger partial charge on any atom is -0.0246 e. The molecule has 0 heterocycles. The van der Waals surface area contributed by atoms with Gasteiger partial charge in [-0.2, -0.15) is 0 Å². The fourth-order valence-corrected chi connectivity index (χ4v) is 3.22. The van der Waals surface area contributed by atoms with Crippen molar-refractivity contribution < 1.29 is 0 Å². The van der Waals surface area contributed by atoms with Crippen LogP contribution in [0.4, 0.5) is 0 Å². The molecule has 0 aromatic heterocycles. The second kappa shape index (κ2) is 2.49. The van der Waals surface area contributed by atoms with Crippen LogP contribution >= 0.6 is 0 Å². The zero-order valence-electron chi connectivity index (χ0n) is 8.82. The van der Waals surface area contributed by atoms with Crippen molar-refractivity contribution in [3.63, 3.8) is 0 Å². The minimum absolute atomic E-state index is 0.674. The summed E-state index contributed by atoms with van der Waals surface area (Å²) in [4.78, 5) is 0. The van der Waals surface area contributed by atoms with Crippen LogP contribution in [0.1, 0.15) is 59.3 Å². The van der Waals surface area contributed by atoms with Gasteiger partial charge < -0.3 is 0 Å². The van der Waals surface area contributed by atoms with Gasteiger partial charge >= 0.3 is 0 Å². The normalized spacial score (nSPS) is 45.8. The standard InChI is InChI=1S/C12H22/c1-10-4-6-12(7-5-10)9-8-11(12,2)3/h10H,4-9H2,1-3H3. The average Bonchev–Trinajstić information content (AvgIpc) is 2.04. The van der Waals surface area contributed by atoms with Crippen molar-refractivity contribution >= 4 is 0 Å². The molecule has 0 bridgehead atoms. The lowest BCUT2D eigenvalue weighted by Crippen LogP contribution is -2.49. The monoisotopic (exact) mass is 166 g/mol. The first kappa shape index (κ1) is 8.59. The molecule has 1 spiro atoms. The molecule has 0 aromatic carbocycles. The molecule has 2 aliphatic rings. The third kappa shape index (κ3) is 1.03. The van der Waals surface area contributed by atoms with Crippen molar-refractivity contribution in [1.29, 1.82) is 0 Å². The van der Waals surface area contributed by atoms with Gasteiger partial charge in [0.2, 0.25) is 0 Å². The van der Waals surface area contributed by atoms with Crippen molar-refractivity contribution in [3.8, 4) is 0 Å². The van der Waals surface area contributed by atoms with Crippen LogP contribution in [-0.2, 0) is 0 Å². The lowest BCUT2D eigenvalue weighted by molar-refractivity contribution is -0.0878. The summed E-state index contributed by atoms with van der Waals surface area (Å²) < 4.78 is 0. The molecule has 2 rings (SSSR count). The first-order valence-corrected chi connectivity index (χ1v) is 5.56. The van der Waals surface area contributed by atoms with E-state index in [-0.39, 0.29) is 0 Å². The average molecular weight is 166 g/mol. The summed E-state index contributed by atoms with van der Waals surface area (Å²) in [6, 6.07) is 0. The molecular weight excluding hydrogens is 144 g/mol. The molecule has 0 saturated heterocycles. The van der Waals surface area contributed by atoms with Crippen LogP contribution in [-0.4, -0.2) is 0 Å². The van der Waals surface area contributed by atoms with E-state index in [0.717, 1.165) is 11.3 Å². The molecule has 2 saturated carbocycles. The van der Waals surface area contributed by atoms with Crippen molar-refractivity contribution in [2.75, 3.05) is 0 Å². The molecule has 0 unspecified atom stereocenters. The fourth-order valence-electron chi connectivity index (χ4n) is 3.22. The minimum Gasteiger partial charge on any atom is -0.0625 e. The zero-order valence-corrected chi connectivity index (χ0v) is 8.82. The summed E-state index contributed by atoms with van der Waals surface area (Å²) in [5.41, 5.74) is 1.45. The summed E-state index contributed by atoms with van der Waals surface area (Å²) in [5.74, 6) is 1.01. The van der Waals surface area contributed by atoms with Crippen LogP contribution in [0.2, 0.25) is 0 Å². The quantitative estimate of drug-likeness (QED) is 0.510. The molecule has 0 atom stereocenters. The predicted molar refractivity (Wildman–Crippen MR) is 53.1 cm³/mol. The van der Waals surface area contributed by atoms with E-state index >= 15 is 0 Å². The third-order valence-electron chi connectivity index (χ3n) is 4.90. The Kier molecular flexibility index (Phi) is 1.79. The van der Waals surface area contributed by atoms with E-state index in [9.17, 15) is 0 Å². The first-order valence-electron chi connectivity index (χ1n) is 5.56. The Balaban J connectivity index is 2.04. The maximum atomic E-state index is 2.48. The Morgan fingerprint density at radius 2 is 1.50 bits per heavy atom. The van der Waals surface area contributed by atoms with Crippen LogP contribution in [0.5, 0.6) is 0 Å². The SMILES string of the molecule is CC1CCC2(CC1)CCC2(C)C. The minimum atomic E-state index is 0.674. The Labute approximate surface area is 76.7 Å². The van der Waals surface area contributed by atoms with E-state index < -0.39 is 0 Å². The molecule has 0 aromatic rings. The number of rotatable bonds is 0. The second-order valence-electron chi connectivity index (χ2n) is 5.85. The Bertz CT molecular complexity index is 170. The van der Waals surface area contributed by atoms with Gasteiger partial charge in [-0.3, -0.25) is 0 Å². The highest BCUT2D eigenvalue weighted by atomic mass is 14.6. The van der Waals surface area contributed by atoms with Crippen LogP contribution in [0.3, 0.4) is 0 Å². The molecular formula is C12H22. The highest BCUT2D eigenvalue weighted by Crippen LogP contribution is 2.63. The van der Waals surface area contributed by atoms with Crippen LogP contribution in [0.15, 0.2) is 0 Å². The lowest BCUT2D eigenvalue weighted by Gasteiger charge is -2.59. The van der Waals surface area contributed by atoms with Gasteiger partial charge in [-0.1, -0.05) is 33.6 Å². The summed E-state index contributed by atoms with van der Waals surface area (Å²) >= 11 is 0. The van der Waals surface area contributed by atoms with E-state index in [4.69, 9.17) is 0 Å². The van der Waals surface area contributed by atoms with Gasteiger partial charge in [0.1, 0.15) is 0 Å². The van der Waals surface area contributed by atoms with Gasteiger partial charge in [-0.05, 0) is 42.4 Å². The van der Waals surface area contributed by atoms with Gasteiger partial charge in [0.05, 0.1) is 0 Å². The van der Waals surface area contributed by atoms with E-state index in [1.54, 1.807) is 0 Å². The van der Waals surface area contributed by atoms with E-state index in [1.807, 2.05) is 0 Å². The Morgan fingerprint density at radius 1 is 0.917 bits per heavy atom. The second-order valence-corrected chi connectivity index (χ2v) is 5.85. The van der Waals surface area contributed by atoms with Gasteiger partial charge in [0.25, 0.3) is 0 Å². The molecule has 70 valence electrons. The number of hydrogen-bond donors (Lipinski definition) is 0. The zero-order chi connectivity index (χ0) is 8.82. The molecule has 2 fully saturated rings. The lowest BCUT2D eigenvalue weighted by atomic mass is 9.46. The first-order chi connectivity index (χ1) is 5.56. The van der Waals surface area contributed by atoms with Gasteiger partial charge in [-0.15, -0.1) is 0 Å². The van der Waals surface area contributed by atoms with Gasteiger partial charge in [0.15, 0.2) is 0 Å². The van der Waals surface area contributed by atoms with Gasteiger partial charge in [0, 0.05) is 0 Å². The molecule has 12 heavy (non-hydrogen) atoms. The van der Waals surface area contributed by atoms with E-state index in [2.05, 4.69) is 20.8 Å². The molecule has 0 N–H and O–H groups in total. The van der Waals surface area contributed by atoms with Gasteiger partial charge in [-0.25, -0.2) is 0 Å². The topological polar surface area (TPSA) is 0 Å². The molecule has 0 aliphatic heterocycles. The van der Waals surface area contributed by atoms with E-state index in [1.165, 1.54) is 38.5 Å². The van der Waals surface area contributed by atoms with E-state index in [0.29, 0.717) is 5.41 Å². The Hall–Kier alpha value is 0. The highest BCUT2D eigenvalue weighted by Gasteiger charge is 2.52.